The third-order valence-electron chi connectivity index (χ3n) is 5.83. The van der Waals surface area contributed by atoms with Crippen LogP contribution >= 0.6 is 0 Å². The number of fused-ring (bicyclic) bond motifs is 2. The van der Waals surface area contributed by atoms with Gasteiger partial charge in [-0.15, -0.1) is 0 Å². The first-order valence-corrected chi connectivity index (χ1v) is 9.34. The summed E-state index contributed by atoms with van der Waals surface area (Å²) in [5.41, 5.74) is 2.23. The first-order chi connectivity index (χ1) is 12.6. The molecule has 0 saturated carbocycles. The Bertz CT molecular complexity index is 775. The van der Waals surface area contributed by atoms with Crippen molar-refractivity contribution in [2.45, 2.75) is 56.9 Å². The molecule has 2 saturated heterocycles. The van der Waals surface area contributed by atoms with Crippen LogP contribution in [0, 0.1) is 6.92 Å². The summed E-state index contributed by atoms with van der Waals surface area (Å²) < 4.78 is 5.55. The maximum Gasteiger partial charge on any atom is 0.410 e. The van der Waals surface area contributed by atoms with Gasteiger partial charge in [0.1, 0.15) is 6.61 Å². The van der Waals surface area contributed by atoms with Crippen molar-refractivity contribution < 1.29 is 14.6 Å². The molecule has 136 valence electrons. The molecular formula is C22H25NO3. The lowest BCUT2D eigenvalue weighted by Crippen LogP contribution is -2.52. The number of carbonyl (C=O) groups is 1. The standard InChI is InChI=1S/C22H25NO3/c1-16-7-5-6-10-20(16)22(25)13-18-11-12-19(14-22)23(18)21(24)26-15-17-8-3-2-4-9-17/h2-10,18-19,25H,11-15H2,1H3. The molecule has 2 fully saturated rings. The summed E-state index contributed by atoms with van der Waals surface area (Å²) in [6.45, 7) is 2.33. The molecule has 2 bridgehead atoms. The van der Waals surface area contributed by atoms with Gasteiger partial charge < -0.3 is 14.7 Å². The van der Waals surface area contributed by atoms with Crippen molar-refractivity contribution in [1.82, 2.24) is 4.90 Å². The molecule has 4 rings (SSSR count). The average Bonchev–Trinajstić information content (AvgIpc) is 2.93. The van der Waals surface area contributed by atoms with E-state index in [0.717, 1.165) is 29.5 Å². The van der Waals surface area contributed by atoms with E-state index in [2.05, 4.69) is 0 Å². The van der Waals surface area contributed by atoms with E-state index in [1.54, 1.807) is 0 Å². The highest BCUT2D eigenvalue weighted by Gasteiger charge is 2.50. The predicted octanol–water partition coefficient (Wildman–Crippen LogP) is 4.15. The largest absolute Gasteiger partial charge is 0.445 e. The molecule has 2 aromatic rings. The molecule has 2 aromatic carbocycles. The predicted molar refractivity (Wildman–Crippen MR) is 99.6 cm³/mol. The number of aryl methyl sites for hydroxylation is 1. The van der Waals surface area contributed by atoms with Crippen molar-refractivity contribution >= 4 is 6.09 Å². The molecule has 1 N–H and O–H groups in total. The van der Waals surface area contributed by atoms with Crippen LogP contribution in [0.25, 0.3) is 0 Å². The lowest BCUT2D eigenvalue weighted by molar-refractivity contribution is -0.0540. The van der Waals surface area contributed by atoms with Gasteiger partial charge in [-0.3, -0.25) is 0 Å². The molecule has 1 amide bonds. The lowest BCUT2D eigenvalue weighted by Gasteiger charge is -2.43. The molecule has 0 spiro atoms. The van der Waals surface area contributed by atoms with E-state index in [0.29, 0.717) is 12.8 Å². The fourth-order valence-corrected chi connectivity index (χ4v) is 4.63. The van der Waals surface area contributed by atoms with Gasteiger partial charge >= 0.3 is 6.09 Å². The molecule has 2 atom stereocenters. The normalized spacial score (nSPS) is 27.4. The zero-order chi connectivity index (χ0) is 18.1. The summed E-state index contributed by atoms with van der Waals surface area (Å²) in [4.78, 5) is 14.5. The smallest absolute Gasteiger partial charge is 0.410 e. The Hall–Kier alpha value is -2.33. The number of hydrogen-bond donors (Lipinski definition) is 1. The van der Waals surface area contributed by atoms with Gasteiger partial charge in [-0.1, -0.05) is 54.6 Å². The van der Waals surface area contributed by atoms with Gasteiger partial charge in [0, 0.05) is 24.9 Å². The molecule has 4 heteroatoms. The number of ether oxygens (including phenoxy) is 1. The van der Waals surface area contributed by atoms with Gasteiger partial charge in [0.25, 0.3) is 0 Å². The summed E-state index contributed by atoms with van der Waals surface area (Å²) in [6.07, 6.45) is 2.76. The van der Waals surface area contributed by atoms with Gasteiger partial charge in [-0.05, 0) is 36.5 Å². The van der Waals surface area contributed by atoms with Crippen LogP contribution in [0.5, 0.6) is 0 Å². The zero-order valence-electron chi connectivity index (χ0n) is 15.1. The third-order valence-corrected chi connectivity index (χ3v) is 5.83. The van der Waals surface area contributed by atoms with E-state index in [-0.39, 0.29) is 24.8 Å². The maximum absolute atomic E-state index is 12.7. The van der Waals surface area contributed by atoms with E-state index in [1.165, 1.54) is 0 Å². The van der Waals surface area contributed by atoms with Gasteiger partial charge in [0.05, 0.1) is 5.60 Å². The molecule has 2 aliphatic rings. The highest BCUT2D eigenvalue weighted by atomic mass is 16.6. The minimum absolute atomic E-state index is 0.0432. The maximum atomic E-state index is 12.7. The Morgan fingerprint density at radius 1 is 1.08 bits per heavy atom. The second-order valence-electron chi connectivity index (χ2n) is 7.59. The van der Waals surface area contributed by atoms with Crippen molar-refractivity contribution in [3.05, 3.63) is 71.3 Å². The second kappa shape index (κ2) is 6.76. The van der Waals surface area contributed by atoms with Crippen LogP contribution in [0.15, 0.2) is 54.6 Å². The van der Waals surface area contributed by atoms with Gasteiger partial charge in [0.2, 0.25) is 0 Å². The number of carbonyl (C=O) groups excluding carboxylic acids is 1. The molecule has 26 heavy (non-hydrogen) atoms. The molecular weight excluding hydrogens is 326 g/mol. The van der Waals surface area contributed by atoms with E-state index in [9.17, 15) is 9.90 Å². The highest BCUT2D eigenvalue weighted by Crippen LogP contribution is 2.46. The van der Waals surface area contributed by atoms with Gasteiger partial charge in [-0.2, -0.15) is 0 Å². The van der Waals surface area contributed by atoms with Crippen LogP contribution in [-0.4, -0.2) is 28.2 Å². The number of rotatable bonds is 3. The van der Waals surface area contributed by atoms with Crippen LogP contribution in [0.2, 0.25) is 0 Å². The van der Waals surface area contributed by atoms with E-state index >= 15 is 0 Å². The van der Waals surface area contributed by atoms with E-state index in [4.69, 9.17) is 4.74 Å². The lowest BCUT2D eigenvalue weighted by atomic mass is 9.79. The first kappa shape index (κ1) is 17.1. The molecule has 2 unspecified atom stereocenters. The van der Waals surface area contributed by atoms with Crippen molar-refractivity contribution in [3.63, 3.8) is 0 Å². The Kier molecular flexibility index (Phi) is 4.45. The quantitative estimate of drug-likeness (QED) is 0.904. The van der Waals surface area contributed by atoms with Crippen LogP contribution < -0.4 is 0 Å². The summed E-state index contributed by atoms with van der Waals surface area (Å²) in [6, 6.07) is 17.8. The summed E-state index contributed by atoms with van der Waals surface area (Å²) >= 11 is 0. The number of hydrogen-bond acceptors (Lipinski definition) is 3. The molecule has 4 nitrogen and oxygen atoms in total. The second-order valence-corrected chi connectivity index (χ2v) is 7.59. The number of benzene rings is 2. The van der Waals surface area contributed by atoms with Crippen molar-refractivity contribution in [1.29, 1.82) is 0 Å². The Labute approximate surface area is 154 Å². The molecule has 0 radical (unpaired) electrons. The third kappa shape index (κ3) is 3.10. The van der Waals surface area contributed by atoms with Crippen LogP contribution in [0.1, 0.15) is 42.4 Å². The van der Waals surface area contributed by atoms with E-state index in [1.807, 2.05) is 66.4 Å². The number of amides is 1. The first-order valence-electron chi connectivity index (χ1n) is 9.34. The number of piperidine rings is 1. The number of aliphatic hydroxyl groups is 1. The van der Waals surface area contributed by atoms with Gasteiger partial charge in [-0.25, -0.2) is 4.79 Å². The summed E-state index contributed by atoms with van der Waals surface area (Å²) in [5, 5.41) is 11.3. The molecule has 0 aliphatic carbocycles. The van der Waals surface area contributed by atoms with Crippen molar-refractivity contribution in [2.24, 2.45) is 0 Å². The Morgan fingerprint density at radius 2 is 1.69 bits per heavy atom. The van der Waals surface area contributed by atoms with Crippen LogP contribution in [0.4, 0.5) is 4.79 Å². The zero-order valence-corrected chi connectivity index (χ0v) is 15.1. The van der Waals surface area contributed by atoms with Crippen molar-refractivity contribution in [3.8, 4) is 0 Å². The van der Waals surface area contributed by atoms with Crippen LogP contribution in [-0.2, 0) is 16.9 Å². The molecule has 2 heterocycles. The van der Waals surface area contributed by atoms with E-state index < -0.39 is 5.60 Å². The SMILES string of the molecule is Cc1ccccc1C1(O)CC2CCC(C1)N2C(=O)OCc1ccccc1. The molecule has 0 aromatic heterocycles. The minimum Gasteiger partial charge on any atom is -0.445 e. The summed E-state index contributed by atoms with van der Waals surface area (Å²) in [7, 11) is 0. The Balaban J connectivity index is 1.47. The topological polar surface area (TPSA) is 49.8 Å². The minimum atomic E-state index is -0.854. The highest BCUT2D eigenvalue weighted by molar-refractivity contribution is 5.69. The monoisotopic (exact) mass is 351 g/mol. The fourth-order valence-electron chi connectivity index (χ4n) is 4.63. The fraction of sp³-hybridized carbons (Fsp3) is 0.409. The Morgan fingerprint density at radius 3 is 2.35 bits per heavy atom. The van der Waals surface area contributed by atoms with Gasteiger partial charge in [0.15, 0.2) is 0 Å². The molecule has 2 aliphatic heterocycles. The van der Waals surface area contributed by atoms with Crippen molar-refractivity contribution in [2.75, 3.05) is 0 Å². The average molecular weight is 351 g/mol. The number of nitrogens with zero attached hydrogens (tertiary/aromatic N) is 1. The van der Waals surface area contributed by atoms with Crippen LogP contribution in [0.3, 0.4) is 0 Å². The summed E-state index contributed by atoms with van der Waals surface area (Å²) in [5.74, 6) is 0.